The summed E-state index contributed by atoms with van der Waals surface area (Å²) in [6, 6.07) is 0.513. The standard InChI is InChI=1S/C8H8N4O/c13-8-6-7(9-3-10-8)12(4-11-6)5-1-2-5/h3-5H,1-2H2,(H,9,10,13). The van der Waals surface area contributed by atoms with Gasteiger partial charge < -0.3 is 9.55 Å². The highest BCUT2D eigenvalue weighted by molar-refractivity contribution is 5.69. The van der Waals surface area contributed by atoms with E-state index in [0.717, 1.165) is 0 Å². The van der Waals surface area contributed by atoms with Crippen LogP contribution < -0.4 is 5.56 Å². The van der Waals surface area contributed by atoms with Crippen molar-refractivity contribution in [3.63, 3.8) is 0 Å². The fourth-order valence-corrected chi connectivity index (χ4v) is 1.48. The van der Waals surface area contributed by atoms with E-state index in [1.807, 2.05) is 4.57 Å². The largest absolute Gasteiger partial charge is 0.312 e. The van der Waals surface area contributed by atoms with E-state index >= 15 is 0 Å². The van der Waals surface area contributed by atoms with Crippen molar-refractivity contribution in [2.45, 2.75) is 18.9 Å². The minimum Gasteiger partial charge on any atom is -0.312 e. The summed E-state index contributed by atoms with van der Waals surface area (Å²) >= 11 is 0. The molecule has 1 N–H and O–H groups in total. The summed E-state index contributed by atoms with van der Waals surface area (Å²) in [6.45, 7) is 0. The van der Waals surface area contributed by atoms with E-state index in [1.54, 1.807) is 6.33 Å². The van der Waals surface area contributed by atoms with Crippen LogP contribution in [-0.4, -0.2) is 19.5 Å². The van der Waals surface area contributed by atoms with Crippen LogP contribution in [0.2, 0.25) is 0 Å². The Morgan fingerprint density at radius 2 is 2.31 bits per heavy atom. The van der Waals surface area contributed by atoms with Crippen LogP contribution in [0, 0.1) is 0 Å². The van der Waals surface area contributed by atoms with Gasteiger partial charge in [-0.2, -0.15) is 0 Å². The Labute approximate surface area is 73.4 Å². The molecule has 2 aromatic heterocycles. The summed E-state index contributed by atoms with van der Waals surface area (Å²) in [5.74, 6) is 0. The van der Waals surface area contributed by atoms with Gasteiger partial charge in [0.05, 0.1) is 12.7 Å². The van der Waals surface area contributed by atoms with Crippen LogP contribution in [0.5, 0.6) is 0 Å². The van der Waals surface area contributed by atoms with Crippen LogP contribution in [-0.2, 0) is 0 Å². The normalized spacial score (nSPS) is 16.6. The third-order valence-corrected chi connectivity index (χ3v) is 2.31. The fourth-order valence-electron chi connectivity index (χ4n) is 1.48. The van der Waals surface area contributed by atoms with Crippen LogP contribution in [0.1, 0.15) is 18.9 Å². The summed E-state index contributed by atoms with van der Waals surface area (Å²) in [5.41, 5.74) is 0.977. The van der Waals surface area contributed by atoms with Gasteiger partial charge in [0, 0.05) is 6.04 Å². The number of H-pyrrole nitrogens is 1. The van der Waals surface area contributed by atoms with Gasteiger partial charge >= 0.3 is 0 Å². The molecule has 2 heterocycles. The molecule has 2 aromatic rings. The lowest BCUT2D eigenvalue weighted by Crippen LogP contribution is -2.07. The number of aromatic amines is 1. The summed E-state index contributed by atoms with van der Waals surface area (Å²) < 4.78 is 1.98. The van der Waals surface area contributed by atoms with Crippen LogP contribution >= 0.6 is 0 Å². The maximum atomic E-state index is 11.3. The molecule has 66 valence electrons. The van der Waals surface area contributed by atoms with E-state index in [4.69, 9.17) is 0 Å². The average molecular weight is 176 g/mol. The molecule has 1 saturated carbocycles. The van der Waals surface area contributed by atoms with Gasteiger partial charge in [-0.25, -0.2) is 9.97 Å². The number of hydrogen-bond donors (Lipinski definition) is 1. The Kier molecular flexibility index (Phi) is 1.15. The number of imidazole rings is 1. The number of rotatable bonds is 1. The van der Waals surface area contributed by atoms with Crippen LogP contribution in [0.3, 0.4) is 0 Å². The number of nitrogens with zero attached hydrogens (tertiary/aromatic N) is 3. The Morgan fingerprint density at radius 1 is 1.46 bits per heavy atom. The van der Waals surface area contributed by atoms with Crippen LogP contribution in [0.15, 0.2) is 17.4 Å². The lowest BCUT2D eigenvalue weighted by atomic mass is 10.5. The number of hydrogen-bond acceptors (Lipinski definition) is 3. The highest BCUT2D eigenvalue weighted by atomic mass is 16.1. The van der Waals surface area contributed by atoms with Crippen molar-refractivity contribution in [1.29, 1.82) is 0 Å². The number of nitrogens with one attached hydrogen (secondary N) is 1. The third-order valence-electron chi connectivity index (χ3n) is 2.31. The molecule has 3 rings (SSSR count). The minimum absolute atomic E-state index is 0.163. The topological polar surface area (TPSA) is 63.6 Å². The first-order valence-electron chi connectivity index (χ1n) is 4.26. The molecule has 13 heavy (non-hydrogen) atoms. The van der Waals surface area contributed by atoms with Crippen LogP contribution in [0.25, 0.3) is 11.2 Å². The minimum atomic E-state index is -0.163. The zero-order chi connectivity index (χ0) is 8.84. The molecule has 0 unspecified atom stereocenters. The first kappa shape index (κ1) is 6.82. The van der Waals surface area contributed by atoms with Crippen molar-refractivity contribution in [3.05, 3.63) is 23.0 Å². The van der Waals surface area contributed by atoms with Crippen molar-refractivity contribution in [1.82, 2.24) is 19.5 Å². The van der Waals surface area contributed by atoms with Gasteiger partial charge in [0.25, 0.3) is 5.56 Å². The summed E-state index contributed by atoms with van der Waals surface area (Å²) in [7, 11) is 0. The van der Waals surface area contributed by atoms with Gasteiger partial charge in [-0.15, -0.1) is 0 Å². The lowest BCUT2D eigenvalue weighted by molar-refractivity contribution is 0.756. The fraction of sp³-hybridized carbons (Fsp3) is 0.375. The molecule has 0 radical (unpaired) electrons. The molecule has 1 fully saturated rings. The second kappa shape index (κ2) is 2.18. The van der Waals surface area contributed by atoms with Crippen molar-refractivity contribution in [2.75, 3.05) is 0 Å². The first-order valence-corrected chi connectivity index (χ1v) is 4.26. The molecule has 0 aliphatic heterocycles. The number of fused-ring (bicyclic) bond motifs is 1. The van der Waals surface area contributed by atoms with E-state index in [1.165, 1.54) is 19.2 Å². The molecule has 0 aromatic carbocycles. The summed E-state index contributed by atoms with van der Waals surface area (Å²) in [4.78, 5) is 21.9. The molecule has 5 nitrogen and oxygen atoms in total. The molecule has 1 aliphatic carbocycles. The predicted molar refractivity (Wildman–Crippen MR) is 46.4 cm³/mol. The molecule has 0 saturated heterocycles. The van der Waals surface area contributed by atoms with Gasteiger partial charge in [0.15, 0.2) is 11.2 Å². The lowest BCUT2D eigenvalue weighted by Gasteiger charge is -1.97. The molecular weight excluding hydrogens is 168 g/mol. The molecule has 0 spiro atoms. The highest BCUT2D eigenvalue weighted by Crippen LogP contribution is 2.35. The van der Waals surface area contributed by atoms with E-state index < -0.39 is 0 Å². The van der Waals surface area contributed by atoms with E-state index in [0.29, 0.717) is 17.2 Å². The second-order valence-corrected chi connectivity index (χ2v) is 3.29. The first-order chi connectivity index (χ1) is 6.36. The zero-order valence-electron chi connectivity index (χ0n) is 6.90. The maximum Gasteiger partial charge on any atom is 0.278 e. The Morgan fingerprint density at radius 3 is 3.08 bits per heavy atom. The van der Waals surface area contributed by atoms with Gasteiger partial charge in [-0.3, -0.25) is 4.79 Å². The predicted octanol–water partition coefficient (Wildman–Crippen LogP) is 0.454. The van der Waals surface area contributed by atoms with Gasteiger partial charge in [-0.05, 0) is 12.8 Å². The van der Waals surface area contributed by atoms with Crippen LogP contribution in [0.4, 0.5) is 0 Å². The molecule has 1 aliphatic rings. The smallest absolute Gasteiger partial charge is 0.278 e. The molecule has 0 atom stereocenters. The summed E-state index contributed by atoms with van der Waals surface area (Å²) in [6.07, 6.45) is 5.45. The van der Waals surface area contributed by atoms with E-state index in [2.05, 4.69) is 15.0 Å². The molecular formula is C8H8N4O. The third kappa shape index (κ3) is 0.898. The Hall–Kier alpha value is -1.65. The quantitative estimate of drug-likeness (QED) is 0.686. The molecule has 0 amide bonds. The van der Waals surface area contributed by atoms with E-state index in [-0.39, 0.29) is 5.56 Å². The van der Waals surface area contributed by atoms with Gasteiger partial charge in [-0.1, -0.05) is 0 Å². The van der Waals surface area contributed by atoms with Crippen molar-refractivity contribution in [3.8, 4) is 0 Å². The Balaban J connectivity index is 2.38. The van der Waals surface area contributed by atoms with Gasteiger partial charge in [0.2, 0.25) is 0 Å². The zero-order valence-corrected chi connectivity index (χ0v) is 6.90. The Bertz CT molecular complexity index is 508. The van der Waals surface area contributed by atoms with Crippen molar-refractivity contribution >= 4 is 11.2 Å². The SMILES string of the molecule is O=c1[nH]cnc2c1ncn2C1CC1. The second-order valence-electron chi connectivity index (χ2n) is 3.29. The monoisotopic (exact) mass is 176 g/mol. The summed E-state index contributed by atoms with van der Waals surface area (Å²) in [5, 5.41) is 0. The number of aromatic nitrogens is 4. The molecule has 0 bridgehead atoms. The van der Waals surface area contributed by atoms with Gasteiger partial charge in [0.1, 0.15) is 0 Å². The van der Waals surface area contributed by atoms with Crippen molar-refractivity contribution < 1.29 is 0 Å². The average Bonchev–Trinajstić information content (AvgIpc) is 2.87. The van der Waals surface area contributed by atoms with Crippen molar-refractivity contribution in [2.24, 2.45) is 0 Å². The maximum absolute atomic E-state index is 11.3. The van der Waals surface area contributed by atoms with E-state index in [9.17, 15) is 4.79 Å². The highest BCUT2D eigenvalue weighted by Gasteiger charge is 2.25. The molecule has 5 heteroatoms.